The molecule has 2 saturated heterocycles. The van der Waals surface area contributed by atoms with Gasteiger partial charge >= 0.3 is 0 Å². The number of Topliss-reactive ketones (excluding diaryl/α,β-unsaturated/α-hetero) is 1. The van der Waals surface area contributed by atoms with E-state index in [1.807, 2.05) is 0 Å². The number of carbonyl (C=O) groups is 1. The van der Waals surface area contributed by atoms with Crippen LogP contribution in [0.2, 0.25) is 0 Å². The first-order valence-electron chi connectivity index (χ1n) is 10.1. The van der Waals surface area contributed by atoms with Gasteiger partial charge in [0, 0.05) is 18.4 Å². The minimum absolute atomic E-state index is 0.00973. The smallest absolute Gasteiger partial charge is 0.224 e. The van der Waals surface area contributed by atoms with Gasteiger partial charge in [0.1, 0.15) is 11.9 Å². The molecule has 5 heteroatoms. The number of nitrogens with one attached hydrogen (secondary N) is 1. The van der Waals surface area contributed by atoms with Gasteiger partial charge in [-0.25, -0.2) is 0 Å². The van der Waals surface area contributed by atoms with Crippen LogP contribution in [0.15, 0.2) is 12.2 Å². The van der Waals surface area contributed by atoms with Gasteiger partial charge in [-0.05, 0) is 54.8 Å². The number of aliphatic hydroxyl groups is 2. The monoisotopic (exact) mass is 361 g/mol. The topological polar surface area (TPSA) is 78.8 Å². The Bertz CT molecular complexity index is 704. The molecule has 4 aliphatic carbocycles. The average Bonchev–Trinajstić information content (AvgIpc) is 2.69. The summed E-state index contributed by atoms with van der Waals surface area (Å²) in [5.41, 5.74) is 2.67. The third-order valence-electron chi connectivity index (χ3n) is 9.23. The van der Waals surface area contributed by atoms with Gasteiger partial charge in [0.05, 0.1) is 5.41 Å². The lowest BCUT2D eigenvalue weighted by atomic mass is 9.35. The second kappa shape index (κ2) is 4.80. The molecular weight excluding hydrogens is 330 g/mol. The van der Waals surface area contributed by atoms with E-state index in [2.05, 4.69) is 32.8 Å². The molecule has 0 radical (unpaired) electrons. The second-order valence-corrected chi connectivity index (χ2v) is 10.5. The molecular formula is C21H31NO4. The highest BCUT2D eigenvalue weighted by Crippen LogP contribution is 2.73. The van der Waals surface area contributed by atoms with Gasteiger partial charge < -0.3 is 10.2 Å². The van der Waals surface area contributed by atoms with Crippen LogP contribution in [0.1, 0.15) is 59.3 Å². The van der Waals surface area contributed by atoms with Gasteiger partial charge in [-0.3, -0.25) is 9.63 Å². The summed E-state index contributed by atoms with van der Waals surface area (Å²) in [4.78, 5) is 19.4. The number of hydroxylamine groups is 1. The molecule has 0 aromatic heterocycles. The van der Waals surface area contributed by atoms with E-state index in [1.165, 1.54) is 0 Å². The molecule has 4 saturated carbocycles. The maximum Gasteiger partial charge on any atom is 0.224 e. The Hall–Kier alpha value is -0.750. The van der Waals surface area contributed by atoms with Gasteiger partial charge in [0.25, 0.3) is 0 Å². The van der Waals surface area contributed by atoms with Gasteiger partial charge in [0.2, 0.25) is 5.79 Å². The highest BCUT2D eigenvalue weighted by Gasteiger charge is 2.80. The van der Waals surface area contributed by atoms with E-state index in [4.69, 9.17) is 4.84 Å². The minimum atomic E-state index is -1.87. The van der Waals surface area contributed by atoms with Crippen molar-refractivity contribution in [2.45, 2.75) is 77.2 Å². The Balaban J connectivity index is 1.78. The summed E-state index contributed by atoms with van der Waals surface area (Å²) >= 11 is 0. The number of hydrogen-bond donors (Lipinski definition) is 3. The number of rotatable bonds is 0. The molecule has 0 aromatic carbocycles. The van der Waals surface area contributed by atoms with Crippen molar-refractivity contribution in [1.29, 1.82) is 0 Å². The van der Waals surface area contributed by atoms with Crippen LogP contribution in [0.3, 0.4) is 0 Å². The second-order valence-electron chi connectivity index (χ2n) is 10.5. The highest BCUT2D eigenvalue weighted by molar-refractivity contribution is 5.90. The normalized spacial score (nSPS) is 57.5. The molecule has 6 fully saturated rings. The summed E-state index contributed by atoms with van der Waals surface area (Å²) in [7, 11) is 0. The molecule has 5 nitrogen and oxygen atoms in total. The predicted octanol–water partition coefficient (Wildman–Crippen LogP) is 2.33. The first-order chi connectivity index (χ1) is 12.1. The molecule has 6 bridgehead atoms. The Morgan fingerprint density at radius 2 is 1.96 bits per heavy atom. The van der Waals surface area contributed by atoms with Crippen molar-refractivity contribution in [3.05, 3.63) is 12.2 Å². The van der Waals surface area contributed by atoms with Gasteiger partial charge in [-0.2, -0.15) is 5.48 Å². The Morgan fingerprint density at radius 3 is 2.69 bits per heavy atom. The largest absolute Gasteiger partial charge is 0.387 e. The van der Waals surface area contributed by atoms with Crippen molar-refractivity contribution in [3.8, 4) is 0 Å². The van der Waals surface area contributed by atoms with E-state index >= 15 is 0 Å². The van der Waals surface area contributed by atoms with Crippen LogP contribution in [-0.4, -0.2) is 33.9 Å². The molecule has 2 heterocycles. The SMILES string of the molecule is C=C1CC(=O)[C@]23C[C@H]1CC[C@H]2[C@@]1(C)[C@@H]2[C@H](O)[C@@]3(O)ON[C@@H]1CCC2(C)C. The van der Waals surface area contributed by atoms with E-state index in [0.717, 1.165) is 31.3 Å². The molecule has 0 amide bonds. The van der Waals surface area contributed by atoms with E-state index in [1.54, 1.807) is 0 Å². The number of carbonyl (C=O) groups excluding carboxylic acids is 1. The molecule has 0 aromatic rings. The van der Waals surface area contributed by atoms with Gasteiger partial charge in [-0.1, -0.05) is 32.9 Å². The molecule has 2 aliphatic heterocycles. The van der Waals surface area contributed by atoms with Crippen molar-refractivity contribution < 1.29 is 19.8 Å². The zero-order chi connectivity index (χ0) is 18.7. The first kappa shape index (κ1) is 17.4. The van der Waals surface area contributed by atoms with Crippen molar-refractivity contribution >= 4 is 5.78 Å². The van der Waals surface area contributed by atoms with Crippen LogP contribution in [-0.2, 0) is 9.63 Å². The first-order valence-corrected chi connectivity index (χ1v) is 10.1. The molecule has 6 aliphatic rings. The Labute approximate surface area is 155 Å². The summed E-state index contributed by atoms with van der Waals surface area (Å²) < 4.78 is 0. The quantitative estimate of drug-likeness (QED) is 0.577. The molecule has 26 heavy (non-hydrogen) atoms. The van der Waals surface area contributed by atoms with E-state index in [9.17, 15) is 15.0 Å². The number of fused-ring (bicyclic) bond motifs is 2. The van der Waals surface area contributed by atoms with E-state index < -0.39 is 17.3 Å². The fraction of sp³-hybridized carbons (Fsp3) is 0.857. The maximum atomic E-state index is 13.4. The number of hydrogen-bond acceptors (Lipinski definition) is 5. The molecule has 0 unspecified atom stereocenters. The Morgan fingerprint density at radius 1 is 1.23 bits per heavy atom. The summed E-state index contributed by atoms with van der Waals surface area (Å²) in [6, 6.07) is 0.0445. The van der Waals surface area contributed by atoms with E-state index in [-0.39, 0.29) is 40.4 Å². The van der Waals surface area contributed by atoms with Gasteiger partial charge in [0.15, 0.2) is 0 Å². The third-order valence-corrected chi connectivity index (χ3v) is 9.23. The summed E-state index contributed by atoms with van der Waals surface area (Å²) in [5.74, 6) is -1.71. The lowest BCUT2D eigenvalue weighted by Gasteiger charge is -2.69. The standard InChI is InChI=1S/C21H31NO4/c1-11-9-15(23)20-10-12(11)5-6-13(20)19(4)14-7-8-18(2,3)16(19)17(24)21(20,25)26-22-14/h12-14,16-17,22,24-25H,1,5-10H2,2-4H3/t12-,13+,14-,16-,17+,19-,20+,21-/m1/s1. The highest BCUT2D eigenvalue weighted by atomic mass is 16.8. The number of allylic oxidation sites excluding steroid dienone is 1. The lowest BCUT2D eigenvalue weighted by Crippen LogP contribution is -2.77. The molecule has 144 valence electrons. The molecule has 3 N–H and O–H groups in total. The fourth-order valence-corrected chi connectivity index (χ4v) is 8.11. The summed E-state index contributed by atoms with van der Waals surface area (Å²) in [5, 5.41) is 23.3. The third kappa shape index (κ3) is 1.62. The van der Waals surface area contributed by atoms with Crippen LogP contribution >= 0.6 is 0 Å². The van der Waals surface area contributed by atoms with Crippen LogP contribution in [0.25, 0.3) is 0 Å². The Kier molecular flexibility index (Phi) is 3.21. The fourth-order valence-electron chi connectivity index (χ4n) is 8.11. The average molecular weight is 361 g/mol. The van der Waals surface area contributed by atoms with Crippen molar-refractivity contribution in [2.24, 2.45) is 34.0 Å². The summed E-state index contributed by atoms with van der Waals surface area (Å²) in [6.07, 6.45) is 3.57. The number of aliphatic hydroxyl groups excluding tert-OH is 1. The molecule has 8 atom stereocenters. The maximum absolute atomic E-state index is 13.4. The van der Waals surface area contributed by atoms with Crippen LogP contribution in [0.4, 0.5) is 0 Å². The molecule has 6 rings (SSSR count). The predicted molar refractivity (Wildman–Crippen MR) is 95.6 cm³/mol. The minimum Gasteiger partial charge on any atom is -0.387 e. The van der Waals surface area contributed by atoms with Crippen LogP contribution in [0, 0.1) is 34.0 Å². The van der Waals surface area contributed by atoms with Crippen molar-refractivity contribution in [2.75, 3.05) is 0 Å². The van der Waals surface area contributed by atoms with Crippen LogP contribution in [0.5, 0.6) is 0 Å². The lowest BCUT2D eigenvalue weighted by molar-refractivity contribution is -0.373. The number of ketones is 1. The molecule has 1 spiro atoms. The van der Waals surface area contributed by atoms with Crippen LogP contribution < -0.4 is 5.48 Å². The summed E-state index contributed by atoms with van der Waals surface area (Å²) in [6.45, 7) is 10.7. The van der Waals surface area contributed by atoms with Gasteiger partial charge in [-0.15, -0.1) is 0 Å². The van der Waals surface area contributed by atoms with E-state index in [0.29, 0.717) is 12.8 Å². The van der Waals surface area contributed by atoms with Crippen molar-refractivity contribution in [3.63, 3.8) is 0 Å². The zero-order valence-electron chi connectivity index (χ0n) is 16.0. The zero-order valence-corrected chi connectivity index (χ0v) is 16.0. The van der Waals surface area contributed by atoms with Crippen molar-refractivity contribution in [1.82, 2.24) is 5.48 Å².